The third-order valence-corrected chi connectivity index (χ3v) is 3.44. The van der Waals surface area contributed by atoms with Gasteiger partial charge in [0.25, 0.3) is 0 Å². The van der Waals surface area contributed by atoms with Crippen LogP contribution in [0.3, 0.4) is 0 Å². The summed E-state index contributed by atoms with van der Waals surface area (Å²) in [6, 6.07) is 5.41. The fraction of sp³-hybridized carbons (Fsp3) is 0.400. The molecule has 3 nitrogen and oxygen atoms in total. The summed E-state index contributed by atoms with van der Waals surface area (Å²) < 4.78 is 11.7. The van der Waals surface area contributed by atoms with Gasteiger partial charge in [0, 0.05) is 5.69 Å². The van der Waals surface area contributed by atoms with Crippen molar-refractivity contribution in [2.45, 2.75) is 24.8 Å². The van der Waals surface area contributed by atoms with Gasteiger partial charge in [0.05, 0.1) is 27.6 Å². The molecule has 1 aromatic rings. The van der Waals surface area contributed by atoms with Gasteiger partial charge < -0.3 is 10.8 Å². The maximum absolute atomic E-state index is 11.7. The largest absolute Gasteiger partial charge is 0.398 e. The molecule has 0 aliphatic rings. The molecule has 0 aliphatic heterocycles. The molecule has 4 heteroatoms. The molecule has 1 rings (SSSR count). The highest BCUT2D eigenvalue weighted by Gasteiger charge is 2.10. The van der Waals surface area contributed by atoms with Crippen molar-refractivity contribution in [3.63, 3.8) is 0 Å². The van der Waals surface area contributed by atoms with Gasteiger partial charge in [0.2, 0.25) is 0 Å². The molecule has 14 heavy (non-hydrogen) atoms. The first-order valence-electron chi connectivity index (χ1n) is 4.43. The fourth-order valence-electron chi connectivity index (χ4n) is 1.15. The Hall–Kier alpha value is -0.870. The van der Waals surface area contributed by atoms with Crippen molar-refractivity contribution < 1.29 is 9.32 Å². The van der Waals surface area contributed by atoms with E-state index in [1.54, 1.807) is 19.1 Å². The zero-order chi connectivity index (χ0) is 10.7. The van der Waals surface area contributed by atoms with E-state index in [9.17, 15) is 4.21 Å². The summed E-state index contributed by atoms with van der Waals surface area (Å²) >= 11 is 0. The van der Waals surface area contributed by atoms with Crippen LogP contribution in [0.2, 0.25) is 0 Å². The van der Waals surface area contributed by atoms with Crippen molar-refractivity contribution in [3.8, 4) is 0 Å². The van der Waals surface area contributed by atoms with Crippen LogP contribution in [0.15, 0.2) is 23.1 Å². The van der Waals surface area contributed by atoms with Crippen LogP contribution in [0.4, 0.5) is 5.69 Å². The van der Waals surface area contributed by atoms with Gasteiger partial charge in [-0.15, -0.1) is 0 Å². The predicted octanol–water partition coefficient (Wildman–Crippen LogP) is 1.07. The third-order valence-electron chi connectivity index (χ3n) is 1.81. The van der Waals surface area contributed by atoms with Crippen molar-refractivity contribution in [1.82, 2.24) is 0 Å². The molecular weight excluding hydrogens is 198 g/mol. The van der Waals surface area contributed by atoms with Crippen LogP contribution in [0, 0.1) is 6.92 Å². The van der Waals surface area contributed by atoms with E-state index in [0.29, 0.717) is 10.6 Å². The molecule has 0 saturated heterocycles. The first-order chi connectivity index (χ1) is 6.50. The zero-order valence-corrected chi connectivity index (χ0v) is 9.17. The van der Waals surface area contributed by atoms with E-state index in [-0.39, 0.29) is 5.75 Å². The molecule has 0 bridgehead atoms. The van der Waals surface area contributed by atoms with Gasteiger partial charge in [0.1, 0.15) is 0 Å². The topological polar surface area (TPSA) is 63.3 Å². The lowest BCUT2D eigenvalue weighted by atomic mass is 10.2. The van der Waals surface area contributed by atoms with Crippen molar-refractivity contribution in [3.05, 3.63) is 23.8 Å². The van der Waals surface area contributed by atoms with Gasteiger partial charge >= 0.3 is 0 Å². The molecular formula is C10H15NO2S. The van der Waals surface area contributed by atoms with Crippen molar-refractivity contribution >= 4 is 16.5 Å². The molecule has 0 saturated carbocycles. The van der Waals surface area contributed by atoms with E-state index in [1.807, 2.05) is 13.0 Å². The average Bonchev–Trinajstić information content (AvgIpc) is 2.08. The summed E-state index contributed by atoms with van der Waals surface area (Å²) in [5, 5.41) is 9.11. The monoisotopic (exact) mass is 213 g/mol. The Morgan fingerprint density at radius 2 is 2.21 bits per heavy atom. The van der Waals surface area contributed by atoms with Crippen molar-refractivity contribution in [2.24, 2.45) is 0 Å². The Bertz CT molecular complexity index is 350. The van der Waals surface area contributed by atoms with Gasteiger partial charge in [-0.25, -0.2) is 0 Å². The lowest BCUT2D eigenvalue weighted by Gasteiger charge is -2.08. The predicted molar refractivity (Wildman–Crippen MR) is 58.5 cm³/mol. The number of aliphatic hydroxyl groups excluding tert-OH is 1. The molecule has 0 radical (unpaired) electrons. The zero-order valence-electron chi connectivity index (χ0n) is 8.36. The summed E-state index contributed by atoms with van der Waals surface area (Å²) in [6.07, 6.45) is -0.573. The molecule has 0 spiro atoms. The third kappa shape index (κ3) is 2.82. The lowest BCUT2D eigenvalue weighted by Crippen LogP contribution is -2.13. The fourth-order valence-corrected chi connectivity index (χ4v) is 2.41. The Balaban J connectivity index is 2.94. The smallest absolute Gasteiger partial charge is 0.0630 e. The van der Waals surface area contributed by atoms with Gasteiger partial charge in [-0.2, -0.15) is 0 Å². The Kier molecular flexibility index (Phi) is 3.66. The molecule has 0 amide bonds. The number of nitrogen functional groups attached to an aromatic ring is 1. The summed E-state index contributed by atoms with van der Waals surface area (Å²) in [7, 11) is -1.21. The molecule has 2 unspecified atom stereocenters. The van der Waals surface area contributed by atoms with E-state index in [2.05, 4.69) is 0 Å². The van der Waals surface area contributed by atoms with E-state index < -0.39 is 16.9 Å². The van der Waals surface area contributed by atoms with Crippen LogP contribution >= 0.6 is 0 Å². The molecule has 3 N–H and O–H groups in total. The number of nitrogens with two attached hydrogens (primary N) is 1. The quantitative estimate of drug-likeness (QED) is 0.738. The van der Waals surface area contributed by atoms with Crippen molar-refractivity contribution in [2.75, 3.05) is 11.5 Å². The van der Waals surface area contributed by atoms with E-state index in [0.717, 1.165) is 5.56 Å². The number of rotatable bonds is 3. The van der Waals surface area contributed by atoms with Gasteiger partial charge in [0.15, 0.2) is 0 Å². The first-order valence-corrected chi connectivity index (χ1v) is 5.75. The second-order valence-corrected chi connectivity index (χ2v) is 4.87. The maximum atomic E-state index is 11.7. The maximum Gasteiger partial charge on any atom is 0.0630 e. The normalized spacial score (nSPS) is 15.1. The average molecular weight is 213 g/mol. The van der Waals surface area contributed by atoms with Crippen molar-refractivity contribution in [1.29, 1.82) is 0 Å². The minimum Gasteiger partial charge on any atom is -0.398 e. The minimum absolute atomic E-state index is 0.230. The highest BCUT2D eigenvalue weighted by molar-refractivity contribution is 7.85. The summed E-state index contributed by atoms with van der Waals surface area (Å²) in [5.74, 6) is 0.230. The van der Waals surface area contributed by atoms with Crippen LogP contribution in [-0.2, 0) is 10.8 Å². The SMILES string of the molecule is Cc1ccc(N)c(S(=O)CC(C)O)c1. The number of aliphatic hydroxyl groups is 1. The van der Waals surface area contributed by atoms with Gasteiger partial charge in [-0.1, -0.05) is 6.07 Å². The van der Waals surface area contributed by atoms with Gasteiger partial charge in [-0.3, -0.25) is 4.21 Å². The molecule has 0 aromatic heterocycles. The van der Waals surface area contributed by atoms with E-state index in [4.69, 9.17) is 10.8 Å². The first kappa shape index (κ1) is 11.2. The second-order valence-electron chi connectivity index (χ2n) is 3.40. The Morgan fingerprint density at radius 1 is 1.57 bits per heavy atom. The lowest BCUT2D eigenvalue weighted by molar-refractivity contribution is 0.219. The summed E-state index contributed by atoms with van der Waals surface area (Å²) in [6.45, 7) is 3.53. The van der Waals surface area contributed by atoms with Crippen LogP contribution < -0.4 is 5.73 Å². The summed E-state index contributed by atoms with van der Waals surface area (Å²) in [5.41, 5.74) is 7.24. The molecule has 78 valence electrons. The number of benzene rings is 1. The molecule has 0 heterocycles. The molecule has 0 fully saturated rings. The number of hydrogen-bond acceptors (Lipinski definition) is 3. The van der Waals surface area contributed by atoms with Crippen LogP contribution in [0.5, 0.6) is 0 Å². The van der Waals surface area contributed by atoms with E-state index in [1.165, 1.54) is 0 Å². The van der Waals surface area contributed by atoms with E-state index >= 15 is 0 Å². The number of hydrogen-bond donors (Lipinski definition) is 2. The Morgan fingerprint density at radius 3 is 2.79 bits per heavy atom. The standard InChI is InChI=1S/C10H15NO2S/c1-7-3-4-9(11)10(5-7)14(13)6-8(2)12/h3-5,8,12H,6,11H2,1-2H3. The minimum atomic E-state index is -1.21. The van der Waals surface area contributed by atoms with Crippen LogP contribution in [0.25, 0.3) is 0 Å². The number of anilines is 1. The molecule has 1 aromatic carbocycles. The van der Waals surface area contributed by atoms with Crippen LogP contribution in [0.1, 0.15) is 12.5 Å². The Labute approximate surface area is 86.4 Å². The van der Waals surface area contributed by atoms with Gasteiger partial charge in [-0.05, 0) is 31.5 Å². The number of aryl methyl sites for hydroxylation is 1. The highest BCUT2D eigenvalue weighted by atomic mass is 32.2. The summed E-state index contributed by atoms with van der Waals surface area (Å²) in [4.78, 5) is 0.617. The molecule has 0 aliphatic carbocycles. The molecule has 2 atom stereocenters. The van der Waals surface area contributed by atoms with Crippen LogP contribution in [-0.4, -0.2) is 21.2 Å². The second kappa shape index (κ2) is 4.57. The highest BCUT2D eigenvalue weighted by Crippen LogP contribution is 2.18.